The number of Topliss-reactive ketones (excluding diaryl/α,β-unsaturated/α-hetero) is 1. The SMILES string of the molecule is CC(C)(C)OC(=O)CCC(=O)C(N)F. The highest BCUT2D eigenvalue weighted by Crippen LogP contribution is 2.09. The first-order valence-electron chi connectivity index (χ1n) is 4.36. The fourth-order valence-electron chi connectivity index (χ4n) is 0.756. The number of esters is 1. The summed E-state index contributed by atoms with van der Waals surface area (Å²) in [6, 6.07) is 0. The van der Waals surface area contributed by atoms with Crippen molar-refractivity contribution in [3.63, 3.8) is 0 Å². The first-order chi connectivity index (χ1) is 6.22. The van der Waals surface area contributed by atoms with Gasteiger partial charge in [-0.3, -0.25) is 15.3 Å². The van der Waals surface area contributed by atoms with Crippen LogP contribution in [-0.4, -0.2) is 23.6 Å². The van der Waals surface area contributed by atoms with Crippen molar-refractivity contribution in [1.29, 1.82) is 0 Å². The molecule has 0 saturated heterocycles. The normalized spacial score (nSPS) is 13.5. The van der Waals surface area contributed by atoms with Gasteiger partial charge in [-0.2, -0.15) is 0 Å². The summed E-state index contributed by atoms with van der Waals surface area (Å²) in [6.07, 6.45) is -2.35. The average Bonchev–Trinajstić information content (AvgIpc) is 1.96. The number of rotatable bonds is 4. The summed E-state index contributed by atoms with van der Waals surface area (Å²) in [5.74, 6) is -1.30. The van der Waals surface area contributed by atoms with Crippen LogP contribution >= 0.6 is 0 Å². The van der Waals surface area contributed by atoms with Crippen molar-refractivity contribution in [1.82, 2.24) is 0 Å². The van der Waals surface area contributed by atoms with Crippen LogP contribution in [0.2, 0.25) is 0 Å². The van der Waals surface area contributed by atoms with E-state index in [2.05, 4.69) is 5.73 Å². The van der Waals surface area contributed by atoms with Crippen molar-refractivity contribution in [3.05, 3.63) is 0 Å². The van der Waals surface area contributed by atoms with Crippen LogP contribution in [0.5, 0.6) is 0 Å². The molecular formula is C9H16FNO3. The maximum atomic E-state index is 12.2. The maximum Gasteiger partial charge on any atom is 0.306 e. The second-order valence-corrected chi connectivity index (χ2v) is 3.95. The molecule has 4 nitrogen and oxygen atoms in total. The molecule has 0 aliphatic heterocycles. The molecule has 0 aromatic carbocycles. The topological polar surface area (TPSA) is 69.4 Å². The molecule has 0 saturated carbocycles. The number of halogens is 1. The third-order valence-electron chi connectivity index (χ3n) is 1.30. The summed E-state index contributed by atoms with van der Waals surface area (Å²) < 4.78 is 17.1. The van der Waals surface area contributed by atoms with E-state index >= 15 is 0 Å². The van der Waals surface area contributed by atoms with Crippen molar-refractivity contribution in [3.8, 4) is 0 Å². The highest BCUT2D eigenvalue weighted by atomic mass is 19.1. The minimum Gasteiger partial charge on any atom is -0.460 e. The zero-order valence-corrected chi connectivity index (χ0v) is 8.67. The van der Waals surface area contributed by atoms with Crippen LogP contribution in [0.25, 0.3) is 0 Å². The predicted octanol–water partition coefficient (Wildman–Crippen LogP) is 0.932. The van der Waals surface area contributed by atoms with Crippen LogP contribution in [0.3, 0.4) is 0 Å². The van der Waals surface area contributed by atoms with E-state index in [1.807, 2.05) is 0 Å². The number of hydrogen-bond donors (Lipinski definition) is 1. The Kier molecular flexibility index (Phi) is 4.70. The van der Waals surface area contributed by atoms with E-state index in [0.29, 0.717) is 0 Å². The average molecular weight is 205 g/mol. The van der Waals surface area contributed by atoms with E-state index in [1.54, 1.807) is 20.8 Å². The molecule has 14 heavy (non-hydrogen) atoms. The summed E-state index contributed by atoms with van der Waals surface area (Å²) in [5.41, 5.74) is 4.10. The number of ketones is 1. The Hall–Kier alpha value is -0.970. The summed E-state index contributed by atoms with van der Waals surface area (Å²) in [4.78, 5) is 21.8. The van der Waals surface area contributed by atoms with Gasteiger partial charge in [0.2, 0.25) is 6.30 Å². The van der Waals surface area contributed by atoms with E-state index in [-0.39, 0.29) is 12.8 Å². The van der Waals surface area contributed by atoms with Gasteiger partial charge in [0.05, 0.1) is 6.42 Å². The molecule has 0 heterocycles. The highest BCUT2D eigenvalue weighted by Gasteiger charge is 2.18. The summed E-state index contributed by atoms with van der Waals surface area (Å²) in [7, 11) is 0. The standard InChI is InChI=1S/C9H16FNO3/c1-9(2,3)14-7(13)5-4-6(12)8(10)11/h8H,4-5,11H2,1-3H3. The van der Waals surface area contributed by atoms with Gasteiger partial charge in [0.1, 0.15) is 5.60 Å². The van der Waals surface area contributed by atoms with Gasteiger partial charge in [-0.25, -0.2) is 4.39 Å². The minimum absolute atomic E-state index is 0.131. The van der Waals surface area contributed by atoms with Gasteiger partial charge in [0.15, 0.2) is 5.78 Å². The lowest BCUT2D eigenvalue weighted by molar-refractivity contribution is -0.155. The largest absolute Gasteiger partial charge is 0.460 e. The smallest absolute Gasteiger partial charge is 0.306 e. The third-order valence-corrected chi connectivity index (χ3v) is 1.30. The number of nitrogens with two attached hydrogens (primary N) is 1. The number of carbonyl (C=O) groups is 2. The second-order valence-electron chi connectivity index (χ2n) is 3.95. The second kappa shape index (κ2) is 5.05. The van der Waals surface area contributed by atoms with E-state index in [4.69, 9.17) is 4.74 Å². The first kappa shape index (κ1) is 13.0. The quantitative estimate of drug-likeness (QED) is 0.547. The summed E-state index contributed by atoms with van der Waals surface area (Å²) in [5, 5.41) is 0. The molecule has 0 fully saturated rings. The molecule has 0 aliphatic rings. The molecule has 82 valence electrons. The summed E-state index contributed by atoms with van der Waals surface area (Å²) >= 11 is 0. The van der Waals surface area contributed by atoms with Gasteiger partial charge >= 0.3 is 5.97 Å². The van der Waals surface area contributed by atoms with Gasteiger partial charge in [-0.05, 0) is 20.8 Å². The van der Waals surface area contributed by atoms with Crippen LogP contribution in [0, 0.1) is 0 Å². The zero-order chi connectivity index (χ0) is 11.4. The molecule has 0 rings (SSSR count). The molecule has 1 atom stereocenters. The van der Waals surface area contributed by atoms with Crippen LogP contribution in [0.4, 0.5) is 4.39 Å². The molecule has 0 bridgehead atoms. The van der Waals surface area contributed by atoms with Crippen LogP contribution < -0.4 is 5.73 Å². The van der Waals surface area contributed by atoms with Gasteiger partial charge in [0, 0.05) is 6.42 Å². The fourth-order valence-corrected chi connectivity index (χ4v) is 0.756. The Bertz CT molecular complexity index is 221. The van der Waals surface area contributed by atoms with Gasteiger partial charge in [-0.1, -0.05) is 0 Å². The van der Waals surface area contributed by atoms with Gasteiger partial charge < -0.3 is 4.74 Å². The zero-order valence-electron chi connectivity index (χ0n) is 8.67. The lowest BCUT2D eigenvalue weighted by Gasteiger charge is -2.19. The molecule has 5 heteroatoms. The fraction of sp³-hybridized carbons (Fsp3) is 0.778. The molecule has 0 aromatic rings. The Labute approximate surface area is 82.6 Å². The van der Waals surface area contributed by atoms with E-state index in [9.17, 15) is 14.0 Å². The van der Waals surface area contributed by atoms with E-state index in [1.165, 1.54) is 0 Å². The third kappa shape index (κ3) is 6.54. The maximum absolute atomic E-state index is 12.2. The lowest BCUT2D eigenvalue weighted by Crippen LogP contribution is -2.27. The predicted molar refractivity (Wildman–Crippen MR) is 49.2 cm³/mol. The minimum atomic E-state index is -2.00. The summed E-state index contributed by atoms with van der Waals surface area (Å²) in [6.45, 7) is 5.15. The number of alkyl halides is 1. The van der Waals surface area contributed by atoms with Crippen molar-refractivity contribution in [2.45, 2.75) is 45.5 Å². The lowest BCUT2D eigenvalue weighted by atomic mass is 10.2. The van der Waals surface area contributed by atoms with Gasteiger partial charge in [-0.15, -0.1) is 0 Å². The van der Waals surface area contributed by atoms with Crippen molar-refractivity contribution in [2.24, 2.45) is 5.73 Å². The van der Waals surface area contributed by atoms with E-state index < -0.39 is 23.6 Å². The van der Waals surface area contributed by atoms with Crippen molar-refractivity contribution in [2.75, 3.05) is 0 Å². The Morgan fingerprint density at radius 3 is 2.21 bits per heavy atom. The van der Waals surface area contributed by atoms with Crippen molar-refractivity contribution >= 4 is 11.8 Å². The Morgan fingerprint density at radius 2 is 1.86 bits per heavy atom. The van der Waals surface area contributed by atoms with Crippen LogP contribution in [0.1, 0.15) is 33.6 Å². The molecule has 0 radical (unpaired) electrons. The highest BCUT2D eigenvalue weighted by molar-refractivity contribution is 5.85. The molecule has 0 aromatic heterocycles. The molecule has 0 aliphatic carbocycles. The van der Waals surface area contributed by atoms with Crippen LogP contribution in [-0.2, 0) is 14.3 Å². The Morgan fingerprint density at radius 1 is 1.36 bits per heavy atom. The molecule has 0 spiro atoms. The number of hydrogen-bond acceptors (Lipinski definition) is 4. The molecule has 2 N–H and O–H groups in total. The number of carbonyl (C=O) groups excluding carboxylic acids is 2. The van der Waals surface area contributed by atoms with Crippen LogP contribution in [0.15, 0.2) is 0 Å². The molecule has 0 amide bonds. The molecule has 1 unspecified atom stereocenters. The Balaban J connectivity index is 3.81. The first-order valence-corrected chi connectivity index (χ1v) is 4.36. The van der Waals surface area contributed by atoms with Gasteiger partial charge in [0.25, 0.3) is 0 Å². The van der Waals surface area contributed by atoms with Crippen molar-refractivity contribution < 1.29 is 18.7 Å². The monoisotopic (exact) mass is 205 g/mol. The van der Waals surface area contributed by atoms with E-state index in [0.717, 1.165) is 0 Å². The number of ether oxygens (including phenoxy) is 1. The molecular weight excluding hydrogens is 189 g/mol.